The van der Waals surface area contributed by atoms with Crippen molar-refractivity contribution >= 4 is 5.91 Å². The Morgan fingerprint density at radius 1 is 1.88 bits per heavy atom. The normalized spacial score (nSPS) is 7.00. The zero-order valence-electron chi connectivity index (χ0n) is 3.96. The fourth-order valence-electron chi connectivity index (χ4n) is 0.140. The maximum atomic E-state index is 9.89. The van der Waals surface area contributed by atoms with Gasteiger partial charge in [0.15, 0.2) is 0 Å². The Hall–Kier alpha value is -1.41. The quantitative estimate of drug-likeness (QED) is 0.210. The molecule has 8 heavy (non-hydrogen) atoms. The van der Waals surface area contributed by atoms with Crippen LogP contribution in [0.4, 0.5) is 0 Å². The van der Waals surface area contributed by atoms with Gasteiger partial charge in [-0.1, -0.05) is 6.58 Å². The summed E-state index contributed by atoms with van der Waals surface area (Å²) in [6.45, 7) is 2.98. The van der Waals surface area contributed by atoms with Crippen LogP contribution in [0.5, 0.6) is 0 Å². The van der Waals surface area contributed by atoms with Crippen LogP contribution in [0.25, 0.3) is 0 Å². The van der Waals surface area contributed by atoms with Gasteiger partial charge >= 0.3 is 5.91 Å². The Balaban J connectivity index is 4.05. The first-order chi connectivity index (χ1) is 3.68. The summed E-state index contributed by atoms with van der Waals surface area (Å²) in [4.78, 5) is 18.3. The van der Waals surface area contributed by atoms with Crippen LogP contribution >= 0.6 is 0 Å². The Kier molecular flexibility index (Phi) is 2.23. The monoisotopic (exact) mass is 113 g/mol. The number of nitro groups is 1. The lowest BCUT2D eigenvalue weighted by Crippen LogP contribution is -2.05. The first-order valence-corrected chi connectivity index (χ1v) is 1.72. The molecule has 0 spiro atoms. The molecule has 0 aliphatic carbocycles. The summed E-state index contributed by atoms with van der Waals surface area (Å²) in [7, 11) is 0. The molecule has 0 bridgehead atoms. The second-order valence-corrected chi connectivity index (χ2v) is 0.944. The summed E-state index contributed by atoms with van der Waals surface area (Å²) in [5, 5.41) is 9.45. The van der Waals surface area contributed by atoms with E-state index in [1.54, 1.807) is 0 Å². The van der Waals surface area contributed by atoms with E-state index in [1.807, 2.05) is 5.73 Å². The number of hydrogen-bond donors (Lipinski definition) is 0. The minimum Gasteiger partial charge on any atom is -0.255 e. The largest absolute Gasteiger partial charge is 0.477 e. The van der Waals surface area contributed by atoms with Gasteiger partial charge in [0.1, 0.15) is 11.0 Å². The summed E-state index contributed by atoms with van der Waals surface area (Å²) in [5.74, 6) is -1.19. The molecule has 0 aromatic rings. The standard InChI is InChI=1S/C4H3NO3/c1-2-3-4(6)5(7)8/h3H,1H2. The van der Waals surface area contributed by atoms with Crippen LogP contribution in [0, 0.1) is 10.1 Å². The smallest absolute Gasteiger partial charge is 0.255 e. The van der Waals surface area contributed by atoms with E-state index < -0.39 is 10.8 Å². The van der Waals surface area contributed by atoms with Crippen molar-refractivity contribution in [1.29, 1.82) is 0 Å². The van der Waals surface area contributed by atoms with Crippen molar-refractivity contribution in [2.75, 3.05) is 0 Å². The van der Waals surface area contributed by atoms with Crippen LogP contribution < -0.4 is 0 Å². The number of carbonyl (C=O) groups is 1. The Morgan fingerprint density at radius 3 is 2.50 bits per heavy atom. The highest BCUT2D eigenvalue weighted by Crippen LogP contribution is 1.72. The second-order valence-electron chi connectivity index (χ2n) is 0.944. The maximum absolute atomic E-state index is 9.89. The molecule has 0 saturated carbocycles. The summed E-state index contributed by atoms with van der Waals surface area (Å²) in [5.41, 5.74) is 1.98. The third-order valence-electron chi connectivity index (χ3n) is 0.405. The molecule has 0 rings (SSSR count). The lowest BCUT2D eigenvalue weighted by Gasteiger charge is -1.74. The predicted octanol–water partition coefficient (Wildman–Crippen LogP) is 0.131. The van der Waals surface area contributed by atoms with Gasteiger partial charge in [-0.05, 0) is 0 Å². The summed E-state index contributed by atoms with van der Waals surface area (Å²) in [6.07, 6.45) is 0.667. The zero-order valence-corrected chi connectivity index (χ0v) is 3.96. The first kappa shape index (κ1) is 6.59. The first-order valence-electron chi connectivity index (χ1n) is 1.72. The van der Waals surface area contributed by atoms with Crippen molar-refractivity contribution in [3.8, 4) is 0 Å². The van der Waals surface area contributed by atoms with E-state index in [-0.39, 0.29) is 0 Å². The van der Waals surface area contributed by atoms with Gasteiger partial charge < -0.3 is 0 Å². The Bertz CT molecular complexity index is 162. The van der Waals surface area contributed by atoms with Crippen LogP contribution in [0.3, 0.4) is 0 Å². The van der Waals surface area contributed by atoms with Gasteiger partial charge in [-0.25, -0.2) is 4.79 Å². The van der Waals surface area contributed by atoms with E-state index in [4.69, 9.17) is 0 Å². The molecule has 0 unspecified atom stereocenters. The molecule has 0 atom stereocenters. The molecule has 1 amide bonds. The van der Waals surface area contributed by atoms with Crippen LogP contribution in [-0.2, 0) is 4.79 Å². The average molecular weight is 113 g/mol. The molecular weight excluding hydrogens is 110 g/mol. The van der Waals surface area contributed by atoms with Gasteiger partial charge in [0.05, 0.1) is 0 Å². The van der Waals surface area contributed by atoms with Gasteiger partial charge in [0, 0.05) is 0 Å². The van der Waals surface area contributed by atoms with Crippen LogP contribution in [-0.4, -0.2) is 10.8 Å². The Labute approximate surface area is 45.3 Å². The van der Waals surface area contributed by atoms with Gasteiger partial charge in [-0.3, -0.25) is 10.1 Å². The number of nitrogens with zero attached hydrogens (tertiary/aromatic N) is 1. The van der Waals surface area contributed by atoms with Crippen molar-refractivity contribution in [3.05, 3.63) is 28.5 Å². The fourth-order valence-corrected chi connectivity index (χ4v) is 0.140. The SMILES string of the molecule is C=C=CC(=O)[N+](=O)[O-]. The third kappa shape index (κ3) is 1.89. The molecule has 0 aliphatic heterocycles. The fraction of sp³-hybridized carbons (Fsp3) is 0. The number of hydrogen-bond acceptors (Lipinski definition) is 3. The van der Waals surface area contributed by atoms with E-state index in [9.17, 15) is 14.9 Å². The van der Waals surface area contributed by atoms with Crippen molar-refractivity contribution in [2.45, 2.75) is 0 Å². The van der Waals surface area contributed by atoms with E-state index in [0.717, 1.165) is 0 Å². The van der Waals surface area contributed by atoms with Gasteiger partial charge in [0.25, 0.3) is 0 Å². The van der Waals surface area contributed by atoms with Crippen molar-refractivity contribution in [1.82, 2.24) is 0 Å². The van der Waals surface area contributed by atoms with Crippen molar-refractivity contribution < 1.29 is 9.72 Å². The van der Waals surface area contributed by atoms with Gasteiger partial charge in [-0.15, -0.1) is 5.73 Å². The molecule has 42 valence electrons. The number of amides is 1. The highest BCUT2D eigenvalue weighted by atomic mass is 16.6. The topological polar surface area (TPSA) is 60.2 Å². The van der Waals surface area contributed by atoms with Crippen LogP contribution in [0.2, 0.25) is 0 Å². The Morgan fingerprint density at radius 2 is 2.38 bits per heavy atom. The van der Waals surface area contributed by atoms with E-state index in [1.165, 1.54) is 0 Å². The minimum absolute atomic E-state index is 0.667. The molecule has 4 nitrogen and oxygen atoms in total. The summed E-state index contributed by atoms with van der Waals surface area (Å²) >= 11 is 0. The summed E-state index contributed by atoms with van der Waals surface area (Å²) < 4.78 is 0. The van der Waals surface area contributed by atoms with E-state index in [0.29, 0.717) is 6.08 Å². The molecule has 4 heteroatoms. The zero-order chi connectivity index (χ0) is 6.57. The van der Waals surface area contributed by atoms with E-state index >= 15 is 0 Å². The molecule has 0 heterocycles. The molecule has 0 saturated heterocycles. The lowest BCUT2D eigenvalue weighted by molar-refractivity contribution is -0.395. The third-order valence-corrected chi connectivity index (χ3v) is 0.405. The highest BCUT2D eigenvalue weighted by molar-refractivity contribution is 5.79. The average Bonchev–Trinajstić information content (AvgIpc) is 1.67. The molecule has 0 N–H and O–H groups in total. The summed E-state index contributed by atoms with van der Waals surface area (Å²) in [6, 6.07) is 0. The minimum atomic E-state index is -1.19. The highest BCUT2D eigenvalue weighted by Gasteiger charge is 2.06. The molecule has 0 radical (unpaired) electrons. The van der Waals surface area contributed by atoms with Crippen LogP contribution in [0.1, 0.15) is 0 Å². The predicted molar refractivity (Wildman–Crippen MR) is 25.7 cm³/mol. The molecule has 0 fully saturated rings. The van der Waals surface area contributed by atoms with E-state index in [2.05, 4.69) is 6.58 Å². The molecule has 0 aromatic heterocycles. The molecule has 0 aliphatic rings. The molecule has 0 aromatic carbocycles. The van der Waals surface area contributed by atoms with Gasteiger partial charge in [-0.2, -0.15) is 0 Å². The lowest BCUT2D eigenvalue weighted by atomic mass is 10.6. The number of rotatable bonds is 1. The van der Waals surface area contributed by atoms with Gasteiger partial charge in [0.2, 0.25) is 0 Å². The van der Waals surface area contributed by atoms with Crippen molar-refractivity contribution in [3.63, 3.8) is 0 Å². The van der Waals surface area contributed by atoms with Crippen LogP contribution in [0.15, 0.2) is 18.4 Å². The van der Waals surface area contributed by atoms with Crippen molar-refractivity contribution in [2.24, 2.45) is 0 Å². The maximum Gasteiger partial charge on any atom is 0.477 e. The number of carbonyl (C=O) groups excluding carboxylic acids is 1. The molecular formula is C4H3NO3. The second kappa shape index (κ2) is 2.71.